The first-order valence-corrected chi connectivity index (χ1v) is 14.7. The Morgan fingerprint density at radius 1 is 0.515 bits per heavy atom. The van der Waals surface area contributed by atoms with Gasteiger partial charge >= 0.3 is 5.97 Å². The Balaban J connectivity index is 3.13. The molecule has 0 spiro atoms. The van der Waals surface area contributed by atoms with Gasteiger partial charge in [0.05, 0.1) is 19.8 Å². The molecule has 0 N–H and O–H groups in total. The predicted molar refractivity (Wildman–Crippen MR) is 141 cm³/mol. The molecule has 4 nitrogen and oxygen atoms in total. The number of carbonyl (C=O) groups is 1. The summed E-state index contributed by atoms with van der Waals surface area (Å²) in [5.74, 6) is 0.653. The maximum atomic E-state index is 11.7. The minimum absolute atomic E-state index is 0.0958. The van der Waals surface area contributed by atoms with Crippen LogP contribution < -0.4 is 0 Å². The van der Waals surface area contributed by atoms with Crippen LogP contribution in [0.15, 0.2) is 0 Å². The molecule has 0 radical (unpaired) electrons. The van der Waals surface area contributed by atoms with Crippen molar-refractivity contribution in [3.8, 4) is 0 Å². The van der Waals surface area contributed by atoms with Crippen LogP contribution in [-0.4, -0.2) is 44.9 Å². The number of ether oxygens (including phenoxy) is 3. The molecule has 0 aliphatic carbocycles. The van der Waals surface area contributed by atoms with E-state index >= 15 is 0 Å². The molecule has 0 aliphatic heterocycles. The lowest BCUT2D eigenvalue weighted by Gasteiger charge is -2.07. The average molecular weight is 491 g/mol. The zero-order valence-corrected chi connectivity index (χ0v) is 22.7. The first-order valence-electron chi connectivity index (χ1n) is 14.2. The van der Waals surface area contributed by atoms with Gasteiger partial charge in [0, 0.05) is 18.9 Å². The highest BCUT2D eigenvalue weighted by Gasteiger charge is 2.02. The molecular weight excluding hydrogens is 436 g/mol. The van der Waals surface area contributed by atoms with Crippen LogP contribution in [0.25, 0.3) is 0 Å². The molecule has 198 valence electrons. The quantitative estimate of drug-likeness (QED) is 0.0625. The van der Waals surface area contributed by atoms with Crippen molar-refractivity contribution in [1.29, 1.82) is 0 Å². The predicted octanol–water partition coefficient (Wildman–Crippen LogP) is 8.62. The number of unbranched alkanes of at least 4 members (excludes halogenated alkanes) is 17. The van der Waals surface area contributed by atoms with E-state index in [0.29, 0.717) is 32.8 Å². The molecule has 5 heteroatoms. The third-order valence-corrected chi connectivity index (χ3v) is 6.29. The van der Waals surface area contributed by atoms with Crippen LogP contribution in [0.3, 0.4) is 0 Å². The highest BCUT2D eigenvalue weighted by molar-refractivity contribution is 6.17. The van der Waals surface area contributed by atoms with Gasteiger partial charge in [0.2, 0.25) is 0 Å². The van der Waals surface area contributed by atoms with E-state index in [1.54, 1.807) is 0 Å². The second kappa shape index (κ2) is 29.7. The van der Waals surface area contributed by atoms with Crippen molar-refractivity contribution in [2.45, 2.75) is 135 Å². The minimum atomic E-state index is -0.0958. The van der Waals surface area contributed by atoms with Crippen LogP contribution in [-0.2, 0) is 19.0 Å². The summed E-state index contributed by atoms with van der Waals surface area (Å²) in [5, 5.41) is 0. The van der Waals surface area contributed by atoms with Crippen LogP contribution >= 0.6 is 11.6 Å². The van der Waals surface area contributed by atoms with Gasteiger partial charge in [0.15, 0.2) is 0 Å². The standard InChI is InChI=1S/C28H55ClO4/c1-2-3-4-5-6-7-8-9-10-11-12-13-14-15-18-21-28(30)33-27-26-32-25-24-31-23-20-17-16-19-22-29/h2-27H2,1H3. The molecule has 0 fully saturated rings. The van der Waals surface area contributed by atoms with Crippen molar-refractivity contribution in [2.24, 2.45) is 0 Å². The summed E-state index contributed by atoms with van der Waals surface area (Å²) in [4.78, 5) is 11.7. The number of esters is 1. The van der Waals surface area contributed by atoms with Gasteiger partial charge in [0.1, 0.15) is 6.61 Å². The van der Waals surface area contributed by atoms with Gasteiger partial charge in [0.25, 0.3) is 0 Å². The molecule has 0 amide bonds. The molecule has 0 atom stereocenters. The first-order chi connectivity index (χ1) is 16.3. The van der Waals surface area contributed by atoms with Crippen LogP contribution in [0.1, 0.15) is 135 Å². The van der Waals surface area contributed by atoms with Crippen molar-refractivity contribution in [1.82, 2.24) is 0 Å². The Bertz CT molecular complexity index is 379. The van der Waals surface area contributed by atoms with Gasteiger partial charge in [-0.05, 0) is 19.3 Å². The smallest absolute Gasteiger partial charge is 0.305 e. The highest BCUT2D eigenvalue weighted by Crippen LogP contribution is 2.13. The van der Waals surface area contributed by atoms with Crippen molar-refractivity contribution in [3.05, 3.63) is 0 Å². The zero-order valence-electron chi connectivity index (χ0n) is 21.9. The van der Waals surface area contributed by atoms with Crippen molar-refractivity contribution in [2.75, 3.05) is 38.9 Å². The minimum Gasteiger partial charge on any atom is -0.463 e. The normalized spacial score (nSPS) is 11.2. The van der Waals surface area contributed by atoms with Crippen LogP contribution in [0.5, 0.6) is 0 Å². The third-order valence-electron chi connectivity index (χ3n) is 6.02. The highest BCUT2D eigenvalue weighted by atomic mass is 35.5. The Labute approximate surface area is 210 Å². The number of halogens is 1. The molecule has 0 saturated heterocycles. The van der Waals surface area contributed by atoms with Gasteiger partial charge in [-0.2, -0.15) is 0 Å². The summed E-state index contributed by atoms with van der Waals surface area (Å²) in [7, 11) is 0. The number of rotatable bonds is 28. The Morgan fingerprint density at radius 3 is 1.48 bits per heavy atom. The van der Waals surface area contributed by atoms with Crippen LogP contribution in [0.2, 0.25) is 0 Å². The van der Waals surface area contributed by atoms with Crippen LogP contribution in [0, 0.1) is 0 Å². The van der Waals surface area contributed by atoms with Crippen molar-refractivity contribution in [3.63, 3.8) is 0 Å². The van der Waals surface area contributed by atoms with Gasteiger partial charge in [-0.3, -0.25) is 4.79 Å². The van der Waals surface area contributed by atoms with E-state index in [2.05, 4.69) is 6.92 Å². The van der Waals surface area contributed by atoms with E-state index in [0.717, 1.165) is 38.2 Å². The Hall–Kier alpha value is -0.320. The molecule has 0 aromatic carbocycles. The summed E-state index contributed by atoms with van der Waals surface area (Å²) in [6.45, 7) is 5.00. The monoisotopic (exact) mass is 490 g/mol. The lowest BCUT2D eigenvalue weighted by Crippen LogP contribution is -2.13. The topological polar surface area (TPSA) is 44.8 Å². The maximum Gasteiger partial charge on any atom is 0.305 e. The van der Waals surface area contributed by atoms with E-state index in [9.17, 15) is 4.79 Å². The maximum absolute atomic E-state index is 11.7. The largest absolute Gasteiger partial charge is 0.463 e. The Kier molecular flexibility index (Phi) is 29.4. The zero-order chi connectivity index (χ0) is 24.1. The molecule has 0 unspecified atom stereocenters. The summed E-state index contributed by atoms with van der Waals surface area (Å²) in [6.07, 6.45) is 25.1. The number of alkyl halides is 1. The first kappa shape index (κ1) is 32.7. The number of carbonyl (C=O) groups excluding carboxylic acids is 1. The van der Waals surface area contributed by atoms with E-state index in [1.807, 2.05) is 0 Å². The molecule has 0 saturated carbocycles. The van der Waals surface area contributed by atoms with Gasteiger partial charge in [-0.1, -0.05) is 110 Å². The van der Waals surface area contributed by atoms with E-state index in [4.69, 9.17) is 25.8 Å². The average Bonchev–Trinajstić information content (AvgIpc) is 2.82. The second-order valence-corrected chi connectivity index (χ2v) is 9.63. The van der Waals surface area contributed by atoms with Crippen LogP contribution in [0.4, 0.5) is 0 Å². The van der Waals surface area contributed by atoms with E-state index in [-0.39, 0.29) is 5.97 Å². The summed E-state index contributed by atoms with van der Waals surface area (Å²) >= 11 is 5.64. The summed E-state index contributed by atoms with van der Waals surface area (Å²) < 4.78 is 16.2. The van der Waals surface area contributed by atoms with Gasteiger partial charge in [-0.25, -0.2) is 0 Å². The molecule has 0 rings (SSSR count). The lowest BCUT2D eigenvalue weighted by molar-refractivity contribution is -0.145. The molecule has 0 aromatic rings. The van der Waals surface area contributed by atoms with Crippen molar-refractivity contribution < 1.29 is 19.0 Å². The second-order valence-electron chi connectivity index (χ2n) is 9.25. The van der Waals surface area contributed by atoms with E-state index in [1.165, 1.54) is 96.3 Å². The molecule has 0 heterocycles. The molecule has 0 bridgehead atoms. The lowest BCUT2D eigenvalue weighted by atomic mass is 10.0. The third kappa shape index (κ3) is 29.6. The van der Waals surface area contributed by atoms with Crippen molar-refractivity contribution >= 4 is 17.6 Å². The SMILES string of the molecule is CCCCCCCCCCCCCCCCCC(=O)OCCOCCOCCCCCCCl. The van der Waals surface area contributed by atoms with Gasteiger partial charge < -0.3 is 14.2 Å². The summed E-state index contributed by atoms with van der Waals surface area (Å²) in [6, 6.07) is 0. The Morgan fingerprint density at radius 2 is 0.939 bits per heavy atom. The fourth-order valence-electron chi connectivity index (χ4n) is 3.90. The number of hydrogen-bond donors (Lipinski definition) is 0. The molecule has 0 aliphatic rings. The number of hydrogen-bond acceptors (Lipinski definition) is 4. The fraction of sp³-hybridized carbons (Fsp3) is 0.964. The molecule has 33 heavy (non-hydrogen) atoms. The molecular formula is C28H55ClO4. The van der Waals surface area contributed by atoms with E-state index < -0.39 is 0 Å². The summed E-state index contributed by atoms with van der Waals surface area (Å²) in [5.41, 5.74) is 0. The van der Waals surface area contributed by atoms with Gasteiger partial charge in [-0.15, -0.1) is 11.6 Å². The molecule has 0 aromatic heterocycles. The fourth-order valence-corrected chi connectivity index (χ4v) is 4.09.